The third-order valence-corrected chi connectivity index (χ3v) is 2.63. The first-order chi connectivity index (χ1) is 7.22. The van der Waals surface area contributed by atoms with E-state index < -0.39 is 0 Å². The molecule has 0 bridgehead atoms. The summed E-state index contributed by atoms with van der Waals surface area (Å²) in [5, 5.41) is 0. The van der Waals surface area contributed by atoms with Crippen molar-refractivity contribution in [2.45, 2.75) is 6.04 Å². The maximum absolute atomic E-state index is 5.74. The molecule has 4 heteroatoms. The molecule has 1 aliphatic heterocycles. The number of nitrogens with zero attached hydrogens (tertiary/aromatic N) is 1. The second kappa shape index (κ2) is 4.08. The molecule has 1 aromatic rings. The number of hydrogen-bond acceptors (Lipinski definition) is 4. The highest BCUT2D eigenvalue weighted by Crippen LogP contribution is 2.34. The first-order valence-corrected chi connectivity index (χ1v) is 4.98. The zero-order valence-electron chi connectivity index (χ0n) is 9.06. The maximum atomic E-state index is 5.74. The molecule has 0 fully saturated rings. The summed E-state index contributed by atoms with van der Waals surface area (Å²) >= 11 is 0. The lowest BCUT2D eigenvalue weighted by molar-refractivity contribution is 0.174. The van der Waals surface area contributed by atoms with E-state index in [1.54, 1.807) is 0 Å². The summed E-state index contributed by atoms with van der Waals surface area (Å²) in [4.78, 5) is 2.09. The summed E-state index contributed by atoms with van der Waals surface area (Å²) in [5.41, 5.74) is 6.90. The second-order valence-electron chi connectivity index (χ2n) is 3.83. The van der Waals surface area contributed by atoms with E-state index in [9.17, 15) is 0 Å². The highest BCUT2D eigenvalue weighted by Gasteiger charge is 2.18. The van der Waals surface area contributed by atoms with Crippen molar-refractivity contribution in [1.29, 1.82) is 0 Å². The minimum atomic E-state index is 0.222. The number of likely N-dealkylation sites (N-methyl/N-ethyl adjacent to an activating group) is 1. The molecule has 4 nitrogen and oxygen atoms in total. The highest BCUT2D eigenvalue weighted by molar-refractivity contribution is 5.45. The van der Waals surface area contributed by atoms with Crippen LogP contribution in [0.3, 0.4) is 0 Å². The normalized spacial score (nSPS) is 15.7. The molecule has 0 aliphatic carbocycles. The van der Waals surface area contributed by atoms with Crippen molar-refractivity contribution < 1.29 is 9.47 Å². The van der Waals surface area contributed by atoms with E-state index in [-0.39, 0.29) is 6.04 Å². The van der Waals surface area contributed by atoms with Crippen molar-refractivity contribution in [2.24, 2.45) is 5.73 Å². The molecule has 0 radical (unpaired) electrons. The average Bonchev–Trinajstić information content (AvgIpc) is 2.65. The summed E-state index contributed by atoms with van der Waals surface area (Å²) < 4.78 is 10.6. The van der Waals surface area contributed by atoms with Gasteiger partial charge in [0.25, 0.3) is 0 Å². The number of rotatable bonds is 3. The van der Waals surface area contributed by atoms with Gasteiger partial charge in [0, 0.05) is 12.6 Å². The predicted molar refractivity (Wildman–Crippen MR) is 58.0 cm³/mol. The van der Waals surface area contributed by atoms with E-state index in [4.69, 9.17) is 15.2 Å². The standard InChI is InChI=1S/C11H16N2O2/c1-13(2)9(6-12)8-3-4-10-11(5-8)15-7-14-10/h3-5,9H,6-7,12H2,1-2H3/t9-/m0/s1. The molecule has 2 rings (SSSR count). The van der Waals surface area contributed by atoms with Gasteiger partial charge in [-0.1, -0.05) is 6.07 Å². The summed E-state index contributed by atoms with van der Waals surface area (Å²) in [6, 6.07) is 6.19. The van der Waals surface area contributed by atoms with Crippen molar-refractivity contribution in [3.05, 3.63) is 23.8 Å². The van der Waals surface area contributed by atoms with E-state index in [0.717, 1.165) is 17.1 Å². The number of benzene rings is 1. The van der Waals surface area contributed by atoms with Crippen molar-refractivity contribution >= 4 is 0 Å². The van der Waals surface area contributed by atoms with Crippen LogP contribution in [0.5, 0.6) is 11.5 Å². The Kier molecular flexibility index (Phi) is 2.79. The first-order valence-electron chi connectivity index (χ1n) is 4.98. The molecule has 15 heavy (non-hydrogen) atoms. The van der Waals surface area contributed by atoms with Gasteiger partial charge in [0.2, 0.25) is 6.79 Å². The van der Waals surface area contributed by atoms with Gasteiger partial charge in [0.15, 0.2) is 11.5 Å². The van der Waals surface area contributed by atoms with Crippen LogP contribution >= 0.6 is 0 Å². The number of nitrogens with two attached hydrogens (primary N) is 1. The first kappa shape index (κ1) is 10.3. The number of ether oxygens (including phenoxy) is 2. The van der Waals surface area contributed by atoms with Gasteiger partial charge in [0.05, 0.1) is 0 Å². The number of fused-ring (bicyclic) bond motifs is 1. The molecule has 2 N–H and O–H groups in total. The van der Waals surface area contributed by atoms with Crippen LogP contribution in [-0.4, -0.2) is 32.3 Å². The molecule has 1 atom stereocenters. The lowest BCUT2D eigenvalue weighted by atomic mass is 10.1. The van der Waals surface area contributed by atoms with Gasteiger partial charge in [-0.25, -0.2) is 0 Å². The Labute approximate surface area is 89.6 Å². The van der Waals surface area contributed by atoms with Crippen molar-refractivity contribution in [3.63, 3.8) is 0 Å². The third kappa shape index (κ3) is 1.91. The zero-order chi connectivity index (χ0) is 10.8. The van der Waals surface area contributed by atoms with Crippen LogP contribution in [0.25, 0.3) is 0 Å². The summed E-state index contributed by atoms with van der Waals surface area (Å²) in [7, 11) is 4.03. The van der Waals surface area contributed by atoms with E-state index in [2.05, 4.69) is 4.90 Å². The molecule has 0 amide bonds. The van der Waals surface area contributed by atoms with E-state index in [1.807, 2.05) is 32.3 Å². The van der Waals surface area contributed by atoms with E-state index >= 15 is 0 Å². The molecule has 82 valence electrons. The average molecular weight is 208 g/mol. The fourth-order valence-electron chi connectivity index (χ4n) is 1.77. The summed E-state index contributed by atoms with van der Waals surface area (Å²) in [6.07, 6.45) is 0. The fourth-order valence-corrected chi connectivity index (χ4v) is 1.77. The Morgan fingerprint density at radius 1 is 1.33 bits per heavy atom. The lowest BCUT2D eigenvalue weighted by Crippen LogP contribution is -2.27. The van der Waals surface area contributed by atoms with Gasteiger partial charge in [-0.2, -0.15) is 0 Å². The van der Waals surface area contributed by atoms with Gasteiger partial charge in [-0.05, 0) is 31.8 Å². The van der Waals surface area contributed by atoms with Gasteiger partial charge in [0.1, 0.15) is 0 Å². The van der Waals surface area contributed by atoms with Crippen LogP contribution in [0, 0.1) is 0 Å². The summed E-state index contributed by atoms with van der Waals surface area (Å²) in [6.45, 7) is 0.903. The minimum Gasteiger partial charge on any atom is -0.454 e. The second-order valence-corrected chi connectivity index (χ2v) is 3.83. The van der Waals surface area contributed by atoms with Crippen LogP contribution < -0.4 is 15.2 Å². The molecule has 1 aromatic carbocycles. The van der Waals surface area contributed by atoms with Crippen LogP contribution in [0.4, 0.5) is 0 Å². The van der Waals surface area contributed by atoms with Crippen molar-refractivity contribution in [3.8, 4) is 11.5 Å². The minimum absolute atomic E-state index is 0.222. The van der Waals surface area contributed by atoms with Crippen LogP contribution in [0.1, 0.15) is 11.6 Å². The quantitative estimate of drug-likeness (QED) is 0.804. The summed E-state index contributed by atoms with van der Waals surface area (Å²) in [5.74, 6) is 1.63. The van der Waals surface area contributed by atoms with Gasteiger partial charge >= 0.3 is 0 Å². The molecule has 0 spiro atoms. The Balaban J connectivity index is 2.28. The lowest BCUT2D eigenvalue weighted by Gasteiger charge is -2.23. The Morgan fingerprint density at radius 3 is 2.73 bits per heavy atom. The third-order valence-electron chi connectivity index (χ3n) is 2.63. The molecule has 0 aromatic heterocycles. The van der Waals surface area contributed by atoms with E-state index in [1.165, 1.54) is 0 Å². The monoisotopic (exact) mass is 208 g/mol. The maximum Gasteiger partial charge on any atom is 0.231 e. The smallest absolute Gasteiger partial charge is 0.231 e. The van der Waals surface area contributed by atoms with Gasteiger partial charge < -0.3 is 20.1 Å². The highest BCUT2D eigenvalue weighted by atomic mass is 16.7. The molecule has 0 saturated carbocycles. The molecular formula is C11H16N2O2. The Morgan fingerprint density at radius 2 is 2.07 bits per heavy atom. The Bertz CT molecular complexity index is 352. The zero-order valence-corrected chi connectivity index (χ0v) is 9.06. The van der Waals surface area contributed by atoms with Crippen LogP contribution in [0.2, 0.25) is 0 Å². The van der Waals surface area contributed by atoms with Gasteiger partial charge in [-0.3, -0.25) is 0 Å². The number of hydrogen-bond donors (Lipinski definition) is 1. The topological polar surface area (TPSA) is 47.7 Å². The van der Waals surface area contributed by atoms with Crippen LogP contribution in [0.15, 0.2) is 18.2 Å². The molecule has 1 aliphatic rings. The van der Waals surface area contributed by atoms with Gasteiger partial charge in [-0.15, -0.1) is 0 Å². The predicted octanol–water partition coefficient (Wildman–Crippen LogP) is 0.977. The molecule has 1 heterocycles. The Hall–Kier alpha value is -1.26. The fraction of sp³-hybridized carbons (Fsp3) is 0.455. The van der Waals surface area contributed by atoms with Crippen molar-refractivity contribution in [2.75, 3.05) is 27.4 Å². The van der Waals surface area contributed by atoms with E-state index in [0.29, 0.717) is 13.3 Å². The largest absolute Gasteiger partial charge is 0.454 e. The SMILES string of the molecule is CN(C)[C@@H](CN)c1ccc2c(c1)OCO2. The molecule has 0 saturated heterocycles. The van der Waals surface area contributed by atoms with Crippen molar-refractivity contribution in [1.82, 2.24) is 4.90 Å². The van der Waals surface area contributed by atoms with Crippen LogP contribution in [-0.2, 0) is 0 Å². The molecule has 0 unspecified atom stereocenters. The molecular weight excluding hydrogens is 192 g/mol.